The first-order valence-corrected chi connectivity index (χ1v) is 4.87. The topological polar surface area (TPSA) is 70.0 Å². The van der Waals surface area contributed by atoms with Gasteiger partial charge in [-0.3, -0.25) is 0 Å². The van der Waals surface area contributed by atoms with Crippen molar-refractivity contribution in [1.82, 2.24) is 5.32 Å². The van der Waals surface area contributed by atoms with Crippen LogP contribution in [-0.2, 0) is 4.74 Å². The fourth-order valence-corrected chi connectivity index (χ4v) is 1.59. The van der Waals surface area contributed by atoms with Gasteiger partial charge in [0, 0.05) is 23.7 Å². The third kappa shape index (κ3) is 2.47. The Balaban J connectivity index is 2.11. The smallest absolute Gasteiger partial charge is 0.0949 e. The monoisotopic (exact) mass is 204 g/mol. The van der Waals surface area contributed by atoms with Crippen LogP contribution in [0.15, 0.2) is 29.4 Å². The first-order valence-electron chi connectivity index (χ1n) is 4.87. The summed E-state index contributed by atoms with van der Waals surface area (Å²) in [6.45, 7) is 2.48. The minimum absolute atomic E-state index is 0.110. The molecule has 1 unspecified atom stereocenters. The highest BCUT2D eigenvalue weighted by Gasteiger charge is 2.14. The van der Waals surface area contributed by atoms with Gasteiger partial charge in [-0.1, -0.05) is 29.4 Å². The van der Waals surface area contributed by atoms with Gasteiger partial charge in [-0.25, -0.2) is 0 Å². The lowest BCUT2D eigenvalue weighted by atomic mass is 10.1. The predicted molar refractivity (Wildman–Crippen MR) is 56.8 cm³/mol. The highest BCUT2D eigenvalue weighted by molar-refractivity contribution is 5.39. The normalized spacial score (nSPS) is 20.7. The van der Waals surface area contributed by atoms with Crippen molar-refractivity contribution in [2.75, 3.05) is 19.7 Å². The standard InChI is InChI=1S/C10H12N4O/c11-14-13-9-3-1-8(2-4-9)10-7-12-5-6-15-10/h1-4,10,12H,5-7H2. The van der Waals surface area contributed by atoms with E-state index in [0.717, 1.165) is 25.3 Å². The van der Waals surface area contributed by atoms with Crippen molar-refractivity contribution in [2.24, 2.45) is 5.11 Å². The zero-order valence-electron chi connectivity index (χ0n) is 8.26. The second-order valence-electron chi connectivity index (χ2n) is 3.34. The Kier molecular flexibility index (Phi) is 3.19. The Labute approximate surface area is 87.7 Å². The van der Waals surface area contributed by atoms with E-state index in [9.17, 15) is 0 Å². The number of rotatable bonds is 2. The van der Waals surface area contributed by atoms with E-state index in [0.29, 0.717) is 5.69 Å². The van der Waals surface area contributed by atoms with E-state index in [2.05, 4.69) is 15.3 Å². The van der Waals surface area contributed by atoms with E-state index in [1.165, 1.54) is 0 Å². The van der Waals surface area contributed by atoms with E-state index in [4.69, 9.17) is 10.3 Å². The zero-order chi connectivity index (χ0) is 10.5. The molecule has 1 heterocycles. The van der Waals surface area contributed by atoms with Crippen LogP contribution in [0.25, 0.3) is 10.4 Å². The summed E-state index contributed by atoms with van der Waals surface area (Å²) in [5.41, 5.74) is 10.0. The molecular formula is C10H12N4O. The van der Waals surface area contributed by atoms with Gasteiger partial charge in [0.05, 0.1) is 12.7 Å². The molecule has 0 radical (unpaired) electrons. The van der Waals surface area contributed by atoms with Gasteiger partial charge in [0.1, 0.15) is 0 Å². The first kappa shape index (κ1) is 9.98. The van der Waals surface area contributed by atoms with Crippen LogP contribution >= 0.6 is 0 Å². The number of azide groups is 1. The Morgan fingerprint density at radius 3 is 2.80 bits per heavy atom. The summed E-state index contributed by atoms with van der Waals surface area (Å²) in [6.07, 6.45) is 0.110. The second-order valence-corrected chi connectivity index (χ2v) is 3.34. The van der Waals surface area contributed by atoms with E-state index in [1.807, 2.05) is 12.1 Å². The van der Waals surface area contributed by atoms with Gasteiger partial charge in [-0.2, -0.15) is 0 Å². The molecule has 2 rings (SSSR count). The predicted octanol–water partition coefficient (Wildman–Crippen LogP) is 2.29. The van der Waals surface area contributed by atoms with Crippen LogP contribution in [0.5, 0.6) is 0 Å². The van der Waals surface area contributed by atoms with E-state index in [1.54, 1.807) is 12.1 Å². The minimum Gasteiger partial charge on any atom is -0.371 e. The Morgan fingerprint density at radius 1 is 1.40 bits per heavy atom. The van der Waals surface area contributed by atoms with Crippen molar-refractivity contribution >= 4 is 5.69 Å². The lowest BCUT2D eigenvalue weighted by Gasteiger charge is -2.23. The molecule has 0 bridgehead atoms. The molecule has 0 amide bonds. The molecule has 1 N–H and O–H groups in total. The molecule has 5 nitrogen and oxygen atoms in total. The quantitative estimate of drug-likeness (QED) is 0.456. The zero-order valence-corrected chi connectivity index (χ0v) is 8.26. The van der Waals surface area contributed by atoms with Crippen LogP contribution in [-0.4, -0.2) is 19.7 Å². The van der Waals surface area contributed by atoms with Crippen molar-refractivity contribution in [3.8, 4) is 0 Å². The van der Waals surface area contributed by atoms with Crippen molar-refractivity contribution < 1.29 is 4.74 Å². The highest BCUT2D eigenvalue weighted by atomic mass is 16.5. The number of benzene rings is 1. The molecule has 1 aromatic carbocycles. The van der Waals surface area contributed by atoms with Gasteiger partial charge < -0.3 is 10.1 Å². The van der Waals surface area contributed by atoms with Crippen LogP contribution in [0.2, 0.25) is 0 Å². The molecule has 1 aliphatic rings. The fourth-order valence-electron chi connectivity index (χ4n) is 1.59. The summed E-state index contributed by atoms with van der Waals surface area (Å²) >= 11 is 0. The van der Waals surface area contributed by atoms with Crippen molar-refractivity contribution in [3.05, 3.63) is 40.3 Å². The first-order chi connectivity index (χ1) is 7.40. The van der Waals surface area contributed by atoms with Gasteiger partial charge in [0.25, 0.3) is 0 Å². The second kappa shape index (κ2) is 4.79. The summed E-state index contributed by atoms with van der Waals surface area (Å²) in [5, 5.41) is 6.78. The lowest BCUT2D eigenvalue weighted by molar-refractivity contribution is 0.0277. The van der Waals surface area contributed by atoms with Gasteiger partial charge in [0.15, 0.2) is 0 Å². The molecule has 5 heteroatoms. The van der Waals surface area contributed by atoms with Gasteiger partial charge in [-0.05, 0) is 11.1 Å². The van der Waals surface area contributed by atoms with Crippen LogP contribution in [0.1, 0.15) is 11.7 Å². The molecule has 1 fully saturated rings. The maximum Gasteiger partial charge on any atom is 0.0949 e. The number of nitrogens with one attached hydrogen (secondary N) is 1. The van der Waals surface area contributed by atoms with Crippen molar-refractivity contribution in [1.29, 1.82) is 0 Å². The van der Waals surface area contributed by atoms with Crippen LogP contribution in [0.4, 0.5) is 5.69 Å². The third-order valence-electron chi connectivity index (χ3n) is 2.35. The summed E-state index contributed by atoms with van der Waals surface area (Å²) in [5.74, 6) is 0. The average Bonchev–Trinajstić information content (AvgIpc) is 2.32. The lowest BCUT2D eigenvalue weighted by Crippen LogP contribution is -2.33. The molecule has 1 aliphatic heterocycles. The van der Waals surface area contributed by atoms with Crippen molar-refractivity contribution in [3.63, 3.8) is 0 Å². The maximum absolute atomic E-state index is 8.26. The summed E-state index contributed by atoms with van der Waals surface area (Å²) in [4.78, 5) is 2.73. The highest BCUT2D eigenvalue weighted by Crippen LogP contribution is 2.21. The average molecular weight is 204 g/mol. The molecule has 78 valence electrons. The number of morpholine rings is 1. The fraction of sp³-hybridized carbons (Fsp3) is 0.400. The van der Waals surface area contributed by atoms with Crippen molar-refractivity contribution in [2.45, 2.75) is 6.10 Å². The third-order valence-corrected chi connectivity index (χ3v) is 2.35. The summed E-state index contributed by atoms with van der Waals surface area (Å²) in [7, 11) is 0. The molecule has 0 spiro atoms. The molecule has 0 aliphatic carbocycles. The van der Waals surface area contributed by atoms with E-state index < -0.39 is 0 Å². The van der Waals surface area contributed by atoms with Crippen LogP contribution < -0.4 is 5.32 Å². The van der Waals surface area contributed by atoms with Crippen LogP contribution in [0.3, 0.4) is 0 Å². The Morgan fingerprint density at radius 2 is 2.20 bits per heavy atom. The molecule has 15 heavy (non-hydrogen) atoms. The summed E-state index contributed by atoms with van der Waals surface area (Å²) in [6, 6.07) is 7.46. The molecule has 1 aromatic rings. The Hall–Kier alpha value is -1.55. The number of ether oxygens (including phenoxy) is 1. The van der Waals surface area contributed by atoms with Gasteiger partial charge in [0.2, 0.25) is 0 Å². The number of hydrogen-bond donors (Lipinski definition) is 1. The molecule has 1 atom stereocenters. The number of hydrogen-bond acceptors (Lipinski definition) is 3. The van der Waals surface area contributed by atoms with Gasteiger partial charge >= 0.3 is 0 Å². The SMILES string of the molecule is [N-]=[N+]=Nc1ccc(C2CNCCO2)cc1. The number of nitrogens with zero attached hydrogens (tertiary/aromatic N) is 3. The van der Waals surface area contributed by atoms with Crippen LogP contribution in [0, 0.1) is 0 Å². The Bertz CT molecular complexity index is 364. The van der Waals surface area contributed by atoms with Gasteiger partial charge in [-0.15, -0.1) is 0 Å². The van der Waals surface area contributed by atoms with E-state index in [-0.39, 0.29) is 6.10 Å². The maximum atomic E-state index is 8.26. The molecule has 1 saturated heterocycles. The molecule has 0 saturated carbocycles. The molecule has 0 aromatic heterocycles. The summed E-state index contributed by atoms with van der Waals surface area (Å²) < 4.78 is 5.60. The minimum atomic E-state index is 0.110. The molecular weight excluding hydrogens is 192 g/mol. The van der Waals surface area contributed by atoms with E-state index >= 15 is 0 Å². The largest absolute Gasteiger partial charge is 0.371 e.